The van der Waals surface area contributed by atoms with Crippen molar-refractivity contribution in [3.8, 4) is 0 Å². The molecule has 1 aliphatic carbocycles. The number of rotatable bonds is 3. The average molecular weight is 251 g/mol. The van der Waals surface area contributed by atoms with Crippen LogP contribution in [0.4, 0.5) is 0 Å². The number of nitrogens with zero attached hydrogens (tertiary/aromatic N) is 2. The molecule has 0 amide bonds. The van der Waals surface area contributed by atoms with Gasteiger partial charge in [-0.05, 0) is 32.6 Å². The van der Waals surface area contributed by atoms with Gasteiger partial charge < -0.3 is 5.32 Å². The Bertz CT molecular complexity index is 374. The zero-order chi connectivity index (χ0) is 11.9. The van der Waals surface area contributed by atoms with E-state index in [1.54, 1.807) is 11.3 Å². The van der Waals surface area contributed by atoms with Gasteiger partial charge in [0.2, 0.25) is 0 Å². The van der Waals surface area contributed by atoms with E-state index < -0.39 is 0 Å². The normalized spacial score (nSPS) is 35.1. The predicted molar refractivity (Wildman–Crippen MR) is 71.1 cm³/mol. The molecule has 1 aliphatic heterocycles. The second kappa shape index (κ2) is 4.34. The summed E-state index contributed by atoms with van der Waals surface area (Å²) in [6, 6.07) is 0.614. The van der Waals surface area contributed by atoms with Crippen LogP contribution in [-0.4, -0.2) is 34.6 Å². The molecular formula is C13H21N3S. The molecule has 0 radical (unpaired) electrons. The van der Waals surface area contributed by atoms with Crippen LogP contribution in [0.25, 0.3) is 0 Å². The van der Waals surface area contributed by atoms with Gasteiger partial charge in [0.05, 0.1) is 11.2 Å². The van der Waals surface area contributed by atoms with Gasteiger partial charge in [-0.15, -0.1) is 11.3 Å². The van der Waals surface area contributed by atoms with Gasteiger partial charge in [0.15, 0.2) is 0 Å². The van der Waals surface area contributed by atoms with Gasteiger partial charge in [-0.25, -0.2) is 4.98 Å². The summed E-state index contributed by atoms with van der Waals surface area (Å²) in [4.78, 5) is 7.00. The Morgan fingerprint density at radius 1 is 1.59 bits per heavy atom. The maximum Gasteiger partial charge on any atom is 0.0795 e. The third-order valence-corrected chi connectivity index (χ3v) is 4.92. The van der Waals surface area contributed by atoms with Crippen LogP contribution in [0.15, 0.2) is 10.9 Å². The van der Waals surface area contributed by atoms with Crippen LogP contribution in [0.3, 0.4) is 0 Å². The topological polar surface area (TPSA) is 28.2 Å². The standard InChI is InChI=1S/C13H21N3S/c1-10-5-15-13(2,11-3-4-11)8-16(10)6-12-7-17-9-14-12/h7,9-11,15H,3-6,8H2,1-2H3. The molecule has 2 unspecified atom stereocenters. The molecule has 3 nitrogen and oxygen atoms in total. The van der Waals surface area contributed by atoms with E-state index >= 15 is 0 Å². The third-order valence-electron chi connectivity index (χ3n) is 4.28. The molecule has 2 heterocycles. The zero-order valence-electron chi connectivity index (χ0n) is 10.6. The van der Waals surface area contributed by atoms with Crippen molar-refractivity contribution < 1.29 is 0 Å². The second-order valence-corrected chi connectivity index (χ2v) is 6.53. The largest absolute Gasteiger partial charge is 0.308 e. The summed E-state index contributed by atoms with van der Waals surface area (Å²) in [5.41, 5.74) is 3.49. The van der Waals surface area contributed by atoms with E-state index in [4.69, 9.17) is 0 Å². The fourth-order valence-electron chi connectivity index (χ4n) is 2.87. The number of piperazine rings is 1. The van der Waals surface area contributed by atoms with E-state index in [1.807, 2.05) is 5.51 Å². The van der Waals surface area contributed by atoms with Crippen molar-refractivity contribution in [1.82, 2.24) is 15.2 Å². The van der Waals surface area contributed by atoms with Crippen molar-refractivity contribution >= 4 is 11.3 Å². The summed E-state index contributed by atoms with van der Waals surface area (Å²) in [6.45, 7) is 7.98. The first kappa shape index (κ1) is 11.6. The highest BCUT2D eigenvalue weighted by Gasteiger charge is 2.45. The molecule has 94 valence electrons. The molecule has 2 fully saturated rings. The highest BCUT2D eigenvalue weighted by molar-refractivity contribution is 7.07. The van der Waals surface area contributed by atoms with Crippen LogP contribution >= 0.6 is 11.3 Å². The van der Waals surface area contributed by atoms with Gasteiger partial charge in [-0.1, -0.05) is 0 Å². The van der Waals surface area contributed by atoms with Crippen molar-refractivity contribution in [2.45, 2.75) is 44.8 Å². The van der Waals surface area contributed by atoms with Gasteiger partial charge in [0.1, 0.15) is 0 Å². The van der Waals surface area contributed by atoms with Crippen LogP contribution < -0.4 is 5.32 Å². The van der Waals surface area contributed by atoms with Crippen molar-refractivity contribution in [2.24, 2.45) is 5.92 Å². The molecule has 2 atom stereocenters. The lowest BCUT2D eigenvalue weighted by molar-refractivity contribution is 0.0761. The molecule has 0 spiro atoms. The Kier molecular flexibility index (Phi) is 2.97. The number of hydrogen-bond donors (Lipinski definition) is 1. The van der Waals surface area contributed by atoms with Gasteiger partial charge in [-0.2, -0.15) is 0 Å². The SMILES string of the molecule is CC1CNC(C)(C2CC2)CN1Cc1cscn1. The van der Waals surface area contributed by atoms with Crippen LogP contribution in [0.5, 0.6) is 0 Å². The summed E-state index contributed by atoms with van der Waals surface area (Å²) < 4.78 is 0. The summed E-state index contributed by atoms with van der Waals surface area (Å²) in [5, 5.41) is 5.93. The maximum atomic E-state index is 4.41. The fraction of sp³-hybridized carbons (Fsp3) is 0.769. The lowest BCUT2D eigenvalue weighted by atomic mass is 9.91. The molecule has 2 aliphatic rings. The molecular weight excluding hydrogens is 230 g/mol. The van der Waals surface area contributed by atoms with Crippen molar-refractivity contribution in [2.75, 3.05) is 13.1 Å². The molecule has 1 aromatic rings. The van der Waals surface area contributed by atoms with E-state index in [9.17, 15) is 0 Å². The molecule has 1 saturated carbocycles. The van der Waals surface area contributed by atoms with Gasteiger partial charge in [0, 0.05) is 36.6 Å². The number of thiazole rings is 1. The van der Waals surface area contributed by atoms with Crippen molar-refractivity contribution in [3.63, 3.8) is 0 Å². The minimum absolute atomic E-state index is 0.336. The first-order valence-corrected chi connectivity index (χ1v) is 7.48. The minimum atomic E-state index is 0.336. The van der Waals surface area contributed by atoms with Gasteiger partial charge in [0.25, 0.3) is 0 Å². The first-order valence-electron chi connectivity index (χ1n) is 6.53. The quantitative estimate of drug-likeness (QED) is 0.892. The van der Waals surface area contributed by atoms with E-state index in [2.05, 4.69) is 34.4 Å². The van der Waals surface area contributed by atoms with Crippen molar-refractivity contribution in [1.29, 1.82) is 0 Å². The third kappa shape index (κ3) is 2.39. The van der Waals surface area contributed by atoms with Crippen LogP contribution in [-0.2, 0) is 6.54 Å². The van der Waals surface area contributed by atoms with Gasteiger partial charge in [-0.3, -0.25) is 4.90 Å². The Labute approximate surface area is 107 Å². The fourth-order valence-corrected chi connectivity index (χ4v) is 3.42. The second-order valence-electron chi connectivity index (χ2n) is 5.81. The summed E-state index contributed by atoms with van der Waals surface area (Å²) in [5.74, 6) is 0.896. The monoisotopic (exact) mass is 251 g/mol. The van der Waals surface area contributed by atoms with E-state index in [0.29, 0.717) is 11.6 Å². The minimum Gasteiger partial charge on any atom is -0.308 e. The number of hydrogen-bond acceptors (Lipinski definition) is 4. The molecule has 1 N–H and O–H groups in total. The van der Waals surface area contributed by atoms with Crippen LogP contribution in [0.2, 0.25) is 0 Å². The number of nitrogens with one attached hydrogen (secondary N) is 1. The Hall–Kier alpha value is -0.450. The zero-order valence-corrected chi connectivity index (χ0v) is 11.5. The summed E-state index contributed by atoms with van der Waals surface area (Å²) >= 11 is 1.69. The first-order chi connectivity index (χ1) is 8.17. The Morgan fingerprint density at radius 2 is 2.41 bits per heavy atom. The predicted octanol–water partition coefficient (Wildman–Crippen LogP) is 2.11. The Balaban J connectivity index is 1.69. The molecule has 17 heavy (non-hydrogen) atoms. The molecule has 3 rings (SSSR count). The molecule has 1 saturated heterocycles. The van der Waals surface area contributed by atoms with E-state index in [1.165, 1.54) is 18.5 Å². The average Bonchev–Trinajstić information content (AvgIpc) is 3.05. The maximum absolute atomic E-state index is 4.41. The molecule has 1 aromatic heterocycles. The number of aromatic nitrogens is 1. The summed E-state index contributed by atoms with van der Waals surface area (Å²) in [6.07, 6.45) is 2.81. The van der Waals surface area contributed by atoms with E-state index in [0.717, 1.165) is 25.6 Å². The highest BCUT2D eigenvalue weighted by atomic mass is 32.1. The molecule has 4 heteroatoms. The van der Waals surface area contributed by atoms with Crippen LogP contribution in [0, 0.1) is 5.92 Å². The summed E-state index contributed by atoms with van der Waals surface area (Å²) in [7, 11) is 0. The Morgan fingerprint density at radius 3 is 3.06 bits per heavy atom. The lowest BCUT2D eigenvalue weighted by Gasteiger charge is -2.45. The van der Waals surface area contributed by atoms with Crippen LogP contribution in [0.1, 0.15) is 32.4 Å². The highest BCUT2D eigenvalue weighted by Crippen LogP contribution is 2.41. The molecule has 0 bridgehead atoms. The van der Waals surface area contributed by atoms with E-state index in [-0.39, 0.29) is 0 Å². The van der Waals surface area contributed by atoms with Crippen molar-refractivity contribution in [3.05, 3.63) is 16.6 Å². The molecule has 0 aromatic carbocycles. The smallest absolute Gasteiger partial charge is 0.0795 e. The lowest BCUT2D eigenvalue weighted by Crippen LogP contribution is -2.62. The van der Waals surface area contributed by atoms with Gasteiger partial charge >= 0.3 is 0 Å².